The molecular weight excluding hydrogens is 261 g/mol. The maximum absolute atomic E-state index is 13.6. The van der Waals surface area contributed by atoms with Gasteiger partial charge in [-0.25, -0.2) is 4.39 Å². The van der Waals surface area contributed by atoms with Crippen LogP contribution in [0.15, 0.2) is 12.1 Å². The number of halogens is 1. The van der Waals surface area contributed by atoms with E-state index in [4.69, 9.17) is 10.5 Å². The van der Waals surface area contributed by atoms with Crippen molar-refractivity contribution in [2.45, 2.75) is 12.8 Å². The highest BCUT2D eigenvalue weighted by molar-refractivity contribution is 5.80. The molecule has 0 aromatic heterocycles. The molecule has 1 unspecified atom stereocenters. The maximum atomic E-state index is 13.6. The number of nitrogens with zero attached hydrogens (tertiary/aromatic N) is 1. The third-order valence-electron chi connectivity index (χ3n) is 3.68. The van der Waals surface area contributed by atoms with Crippen molar-refractivity contribution in [2.24, 2.45) is 5.92 Å². The van der Waals surface area contributed by atoms with Crippen LogP contribution in [-0.2, 0) is 4.79 Å². The van der Waals surface area contributed by atoms with Crippen LogP contribution in [0.3, 0.4) is 0 Å². The minimum atomic E-state index is -0.478. The van der Waals surface area contributed by atoms with Crippen molar-refractivity contribution in [3.8, 4) is 5.75 Å². The van der Waals surface area contributed by atoms with E-state index in [1.807, 2.05) is 4.90 Å². The van der Waals surface area contributed by atoms with Crippen LogP contribution in [0.25, 0.3) is 0 Å². The van der Waals surface area contributed by atoms with Crippen LogP contribution >= 0.6 is 0 Å². The lowest BCUT2D eigenvalue weighted by Gasteiger charge is -2.34. The highest BCUT2D eigenvalue weighted by atomic mass is 19.1. The summed E-state index contributed by atoms with van der Waals surface area (Å²) < 4.78 is 18.6. The normalized spacial score (nSPS) is 18.8. The van der Waals surface area contributed by atoms with Crippen molar-refractivity contribution in [2.75, 3.05) is 37.9 Å². The first-order valence-corrected chi connectivity index (χ1v) is 6.66. The van der Waals surface area contributed by atoms with Crippen LogP contribution in [0.1, 0.15) is 12.8 Å². The Bertz CT molecular complexity index is 507. The molecule has 3 N–H and O–H groups in total. The summed E-state index contributed by atoms with van der Waals surface area (Å²) in [5.41, 5.74) is 6.97. The van der Waals surface area contributed by atoms with Crippen LogP contribution in [0.4, 0.5) is 15.8 Å². The van der Waals surface area contributed by atoms with Crippen LogP contribution in [0.2, 0.25) is 0 Å². The molecule has 1 saturated heterocycles. The summed E-state index contributed by atoms with van der Waals surface area (Å²) in [7, 11) is 3.05. The molecule has 0 aliphatic carbocycles. The van der Waals surface area contributed by atoms with Gasteiger partial charge in [-0.3, -0.25) is 4.79 Å². The van der Waals surface area contributed by atoms with E-state index >= 15 is 0 Å². The lowest BCUT2D eigenvalue weighted by Crippen LogP contribution is -2.42. The molecule has 1 aliphatic rings. The van der Waals surface area contributed by atoms with Crippen molar-refractivity contribution in [3.05, 3.63) is 17.9 Å². The topological polar surface area (TPSA) is 67.6 Å². The molecular formula is C14H20FN3O2. The van der Waals surface area contributed by atoms with E-state index < -0.39 is 5.82 Å². The third kappa shape index (κ3) is 2.79. The fraction of sp³-hybridized carbons (Fsp3) is 0.500. The first-order chi connectivity index (χ1) is 9.56. The molecule has 1 atom stereocenters. The van der Waals surface area contributed by atoms with Gasteiger partial charge in [-0.2, -0.15) is 0 Å². The molecule has 6 heteroatoms. The van der Waals surface area contributed by atoms with E-state index in [0.717, 1.165) is 25.1 Å². The average Bonchev–Trinajstić information content (AvgIpc) is 2.46. The molecule has 110 valence electrons. The van der Waals surface area contributed by atoms with E-state index in [2.05, 4.69) is 5.32 Å². The molecule has 1 aliphatic heterocycles. The Kier molecular flexibility index (Phi) is 4.32. The van der Waals surface area contributed by atoms with Crippen LogP contribution in [0.5, 0.6) is 5.75 Å². The number of amides is 1. The third-order valence-corrected chi connectivity index (χ3v) is 3.68. The van der Waals surface area contributed by atoms with Gasteiger partial charge in [0.1, 0.15) is 0 Å². The molecule has 2 rings (SSSR count). The highest BCUT2D eigenvalue weighted by Crippen LogP contribution is 2.33. The van der Waals surface area contributed by atoms with Gasteiger partial charge >= 0.3 is 0 Å². The van der Waals surface area contributed by atoms with Gasteiger partial charge in [-0.05, 0) is 12.8 Å². The van der Waals surface area contributed by atoms with Crippen molar-refractivity contribution in [3.63, 3.8) is 0 Å². The molecule has 1 aromatic carbocycles. The smallest absolute Gasteiger partial charge is 0.224 e. The summed E-state index contributed by atoms with van der Waals surface area (Å²) in [6, 6.07) is 2.86. The predicted molar refractivity (Wildman–Crippen MR) is 76.4 cm³/mol. The number of ether oxygens (including phenoxy) is 1. The Morgan fingerprint density at radius 3 is 2.95 bits per heavy atom. The zero-order valence-electron chi connectivity index (χ0n) is 11.8. The van der Waals surface area contributed by atoms with Gasteiger partial charge in [0.2, 0.25) is 5.91 Å². The monoisotopic (exact) mass is 281 g/mol. The number of carbonyl (C=O) groups excluding carboxylic acids is 1. The average molecular weight is 281 g/mol. The van der Waals surface area contributed by atoms with Crippen molar-refractivity contribution < 1.29 is 13.9 Å². The molecule has 20 heavy (non-hydrogen) atoms. The molecule has 1 heterocycles. The van der Waals surface area contributed by atoms with Gasteiger partial charge in [-0.1, -0.05) is 0 Å². The SMILES string of the molecule is CNC(=O)C1CCCN(c2cc(OC)c(F)cc2N)C1. The van der Waals surface area contributed by atoms with Crippen molar-refractivity contribution in [1.29, 1.82) is 0 Å². The van der Waals surface area contributed by atoms with E-state index in [0.29, 0.717) is 12.2 Å². The standard InChI is InChI=1S/C14H20FN3O2/c1-17-14(19)9-4-3-5-18(8-9)12-7-13(20-2)10(15)6-11(12)16/h6-7,9H,3-5,8,16H2,1-2H3,(H,17,19). The Balaban J connectivity index is 2.24. The predicted octanol–water partition coefficient (Wildman–Crippen LogP) is 1.38. The number of nitrogens with one attached hydrogen (secondary N) is 1. The molecule has 1 fully saturated rings. The molecule has 1 aromatic rings. The van der Waals surface area contributed by atoms with Crippen LogP contribution < -0.4 is 20.7 Å². The Hall–Kier alpha value is -1.98. The van der Waals surface area contributed by atoms with Crippen LogP contribution in [0, 0.1) is 11.7 Å². The molecule has 1 amide bonds. The molecule has 0 radical (unpaired) electrons. The number of anilines is 2. The molecule has 5 nitrogen and oxygen atoms in total. The van der Waals surface area contributed by atoms with Gasteiger partial charge in [0.05, 0.1) is 24.4 Å². The summed E-state index contributed by atoms with van der Waals surface area (Å²) >= 11 is 0. The van der Waals surface area contributed by atoms with Crippen molar-refractivity contribution >= 4 is 17.3 Å². The summed E-state index contributed by atoms with van der Waals surface area (Å²) in [4.78, 5) is 13.8. The Morgan fingerprint density at radius 1 is 1.55 bits per heavy atom. The lowest BCUT2D eigenvalue weighted by atomic mass is 9.96. The summed E-state index contributed by atoms with van der Waals surface area (Å²) in [5.74, 6) is -0.351. The fourth-order valence-corrected chi connectivity index (χ4v) is 2.60. The summed E-state index contributed by atoms with van der Waals surface area (Å²) in [6.45, 7) is 1.38. The summed E-state index contributed by atoms with van der Waals surface area (Å²) in [5, 5.41) is 2.67. The Morgan fingerprint density at radius 2 is 2.30 bits per heavy atom. The second kappa shape index (κ2) is 5.98. The minimum absolute atomic E-state index is 0.0300. The quantitative estimate of drug-likeness (QED) is 0.821. The first-order valence-electron chi connectivity index (χ1n) is 6.66. The van der Waals surface area contributed by atoms with E-state index in [1.54, 1.807) is 13.1 Å². The number of hydrogen-bond acceptors (Lipinski definition) is 4. The second-order valence-electron chi connectivity index (χ2n) is 4.94. The number of methoxy groups -OCH3 is 1. The largest absolute Gasteiger partial charge is 0.494 e. The fourth-order valence-electron chi connectivity index (χ4n) is 2.60. The number of nitrogens with two attached hydrogens (primary N) is 1. The van der Waals surface area contributed by atoms with Gasteiger partial charge in [0, 0.05) is 32.3 Å². The zero-order valence-corrected chi connectivity index (χ0v) is 11.8. The minimum Gasteiger partial charge on any atom is -0.494 e. The van der Waals surface area contributed by atoms with Gasteiger partial charge in [-0.15, -0.1) is 0 Å². The Labute approximate surface area is 117 Å². The number of benzene rings is 1. The maximum Gasteiger partial charge on any atom is 0.224 e. The number of hydrogen-bond donors (Lipinski definition) is 2. The van der Waals surface area contributed by atoms with Gasteiger partial charge in [0.25, 0.3) is 0 Å². The molecule has 0 saturated carbocycles. The van der Waals surface area contributed by atoms with E-state index in [9.17, 15) is 9.18 Å². The van der Waals surface area contributed by atoms with Gasteiger partial charge in [0.15, 0.2) is 11.6 Å². The number of carbonyl (C=O) groups is 1. The second-order valence-corrected chi connectivity index (χ2v) is 4.94. The number of piperidine rings is 1. The van der Waals surface area contributed by atoms with E-state index in [-0.39, 0.29) is 17.6 Å². The van der Waals surface area contributed by atoms with E-state index in [1.165, 1.54) is 13.2 Å². The molecule has 0 spiro atoms. The van der Waals surface area contributed by atoms with Gasteiger partial charge < -0.3 is 20.7 Å². The number of nitrogen functional groups attached to an aromatic ring is 1. The summed E-state index contributed by atoms with van der Waals surface area (Å²) in [6.07, 6.45) is 1.76. The highest BCUT2D eigenvalue weighted by Gasteiger charge is 2.26. The zero-order chi connectivity index (χ0) is 14.7. The number of rotatable bonds is 3. The lowest BCUT2D eigenvalue weighted by molar-refractivity contribution is -0.124. The first kappa shape index (κ1) is 14.4. The van der Waals surface area contributed by atoms with Crippen LogP contribution in [-0.4, -0.2) is 33.2 Å². The van der Waals surface area contributed by atoms with Crippen molar-refractivity contribution in [1.82, 2.24) is 5.32 Å². The molecule has 0 bridgehead atoms.